The number of ether oxygens (including phenoxy) is 6. The van der Waals surface area contributed by atoms with Crippen molar-refractivity contribution in [2.45, 2.75) is 0 Å². The zero-order chi connectivity index (χ0) is 34.9. The van der Waals surface area contributed by atoms with Crippen LogP contribution < -0.4 is 18.9 Å². The Balaban J connectivity index is 1.86. The van der Waals surface area contributed by atoms with Crippen molar-refractivity contribution in [2.24, 2.45) is 0 Å². The van der Waals surface area contributed by atoms with Gasteiger partial charge in [0.25, 0.3) is 0 Å². The van der Waals surface area contributed by atoms with Crippen molar-refractivity contribution in [3.8, 4) is 46.0 Å². The fraction of sp³-hybridized carbons (Fsp3) is 0.0714. The molecule has 0 atom stereocenters. The molecule has 0 amide bonds. The highest BCUT2D eigenvalue weighted by atomic mass is 16.6. The van der Waals surface area contributed by atoms with Crippen molar-refractivity contribution < 1.29 is 57.7 Å². The quantitative estimate of drug-likeness (QED) is 0.108. The second-order valence-corrected chi connectivity index (χ2v) is 9.31. The van der Waals surface area contributed by atoms with E-state index in [0.29, 0.717) is 12.1 Å². The Hall–Kier alpha value is -7.38. The number of nitrogens with zero attached hydrogens (tertiary/aromatic N) is 4. The number of carbonyl (C=O) groups is 2. The molecule has 0 radical (unpaired) electrons. The van der Waals surface area contributed by atoms with Gasteiger partial charge < -0.3 is 28.4 Å². The zero-order valence-corrected chi connectivity index (χ0v) is 24.1. The maximum Gasteiger partial charge on any atom is 0.341 e. The Morgan fingerprint density at radius 2 is 0.792 bits per heavy atom. The van der Waals surface area contributed by atoms with E-state index in [4.69, 9.17) is 28.4 Å². The van der Waals surface area contributed by atoms with Crippen LogP contribution >= 0.6 is 0 Å². The first kappa shape index (κ1) is 32.0. The summed E-state index contributed by atoms with van der Waals surface area (Å²) < 4.78 is 32.3. The molecule has 48 heavy (non-hydrogen) atoms. The van der Waals surface area contributed by atoms with Crippen LogP contribution in [0.25, 0.3) is 0 Å². The molecular formula is C28H16N4O16. The van der Waals surface area contributed by atoms with E-state index < -0.39 is 88.9 Å². The van der Waals surface area contributed by atoms with Crippen LogP contribution in [0.2, 0.25) is 0 Å². The second-order valence-electron chi connectivity index (χ2n) is 9.31. The van der Waals surface area contributed by atoms with Crippen molar-refractivity contribution in [3.63, 3.8) is 0 Å². The molecule has 5 rings (SSSR count). The lowest BCUT2D eigenvalue weighted by Gasteiger charge is -2.16. The standard InChI is InChI=1S/C28H16N4O16/c1-43-27(33)15-5-3-13-7-21(15)47-25-12-26(20(32(41)42)10-19(25)31(39)40)48-22-8-14(4-6-16(22)28(34)44-2)46-24-11-23(45-13)17(29(35)36)9-18(24)30(37)38/h3-12H,1-2H3. The summed E-state index contributed by atoms with van der Waals surface area (Å²) >= 11 is 0. The predicted molar refractivity (Wildman–Crippen MR) is 155 cm³/mol. The van der Waals surface area contributed by atoms with Crippen molar-refractivity contribution in [3.05, 3.63) is 112 Å². The van der Waals surface area contributed by atoms with Crippen LogP contribution in [0.3, 0.4) is 0 Å². The summed E-state index contributed by atoms with van der Waals surface area (Å²) in [5.74, 6) is -6.15. The summed E-state index contributed by atoms with van der Waals surface area (Å²) in [6.07, 6.45) is 0. The lowest BCUT2D eigenvalue weighted by Crippen LogP contribution is -2.07. The van der Waals surface area contributed by atoms with Crippen LogP contribution in [-0.2, 0) is 9.47 Å². The average Bonchev–Trinajstić information content (AvgIpc) is 3.03. The number of esters is 2. The monoisotopic (exact) mass is 664 g/mol. The van der Waals surface area contributed by atoms with Gasteiger partial charge in [-0.3, -0.25) is 40.5 Å². The van der Waals surface area contributed by atoms with Crippen molar-refractivity contribution in [1.29, 1.82) is 0 Å². The van der Waals surface area contributed by atoms with Crippen molar-refractivity contribution in [1.82, 2.24) is 0 Å². The van der Waals surface area contributed by atoms with Gasteiger partial charge in [0.2, 0.25) is 23.0 Å². The van der Waals surface area contributed by atoms with Gasteiger partial charge in [0.1, 0.15) is 46.3 Å². The molecule has 1 aliphatic heterocycles. The minimum Gasteiger partial charge on any atom is -0.465 e. The Labute approximate surface area is 265 Å². The number of rotatable bonds is 6. The third-order valence-corrected chi connectivity index (χ3v) is 6.48. The number of hydrogen-bond acceptors (Lipinski definition) is 16. The van der Waals surface area contributed by atoms with Crippen LogP contribution in [0.15, 0.2) is 60.7 Å². The van der Waals surface area contributed by atoms with Crippen LogP contribution in [0.4, 0.5) is 22.7 Å². The van der Waals surface area contributed by atoms with E-state index in [-0.39, 0.29) is 22.6 Å². The molecule has 0 saturated carbocycles. The summed E-state index contributed by atoms with van der Waals surface area (Å²) in [5, 5.41) is 47.8. The molecule has 0 spiro atoms. The number of benzene rings is 4. The molecule has 8 bridgehead atoms. The molecule has 0 saturated heterocycles. The SMILES string of the molecule is COC(=O)c1ccc2cc1Oc1cc(c([N+](=O)[O-])cc1[N+](=O)[O-])Oc1cc(ccc1C(=O)OC)Oc1cc(c([N+](=O)[O-])cc1[N+](=O)[O-])O2. The highest BCUT2D eigenvalue weighted by molar-refractivity contribution is 5.93. The maximum atomic E-state index is 12.6. The minimum atomic E-state index is -1.02. The third-order valence-electron chi connectivity index (χ3n) is 6.48. The first-order valence-electron chi connectivity index (χ1n) is 12.9. The fourth-order valence-corrected chi connectivity index (χ4v) is 4.32. The lowest BCUT2D eigenvalue weighted by atomic mass is 10.1. The first-order chi connectivity index (χ1) is 22.8. The van der Waals surface area contributed by atoms with Gasteiger partial charge in [-0.05, 0) is 24.3 Å². The lowest BCUT2D eigenvalue weighted by molar-refractivity contribution is -0.395. The minimum absolute atomic E-state index is 0.279. The van der Waals surface area contributed by atoms with Crippen LogP contribution in [-0.4, -0.2) is 45.9 Å². The van der Waals surface area contributed by atoms with Gasteiger partial charge in [0, 0.05) is 24.3 Å². The van der Waals surface area contributed by atoms with Crippen LogP contribution in [0, 0.1) is 40.5 Å². The number of nitro benzene ring substituents is 4. The van der Waals surface area contributed by atoms with Gasteiger partial charge >= 0.3 is 34.7 Å². The number of carbonyl (C=O) groups excluding carboxylic acids is 2. The number of hydrogen-bond donors (Lipinski definition) is 0. The Kier molecular flexibility index (Phi) is 8.37. The normalized spacial score (nSPS) is 11.4. The molecule has 0 N–H and O–H groups in total. The predicted octanol–water partition coefficient (Wildman–Crippen LogP) is 6.38. The zero-order valence-electron chi connectivity index (χ0n) is 24.1. The molecule has 4 aromatic rings. The summed E-state index contributed by atoms with van der Waals surface area (Å²) in [4.78, 5) is 69.0. The third kappa shape index (κ3) is 6.10. The van der Waals surface area contributed by atoms with Crippen LogP contribution in [0.5, 0.6) is 46.0 Å². The molecule has 20 nitrogen and oxygen atoms in total. The topological polar surface area (TPSA) is 262 Å². The molecule has 0 aliphatic carbocycles. The second kappa shape index (κ2) is 12.5. The number of fused-ring (bicyclic) bond motifs is 8. The van der Waals surface area contributed by atoms with Gasteiger partial charge in [-0.1, -0.05) is 0 Å². The fourth-order valence-electron chi connectivity index (χ4n) is 4.32. The Morgan fingerprint density at radius 1 is 0.479 bits per heavy atom. The van der Waals surface area contributed by atoms with E-state index in [2.05, 4.69) is 0 Å². The highest BCUT2D eigenvalue weighted by Crippen LogP contribution is 2.47. The van der Waals surface area contributed by atoms with Gasteiger partial charge in [-0.15, -0.1) is 0 Å². The summed E-state index contributed by atoms with van der Waals surface area (Å²) in [5.41, 5.74) is -4.37. The average molecular weight is 664 g/mol. The van der Waals surface area contributed by atoms with E-state index in [1.165, 1.54) is 0 Å². The molecule has 0 aromatic heterocycles. The molecule has 244 valence electrons. The van der Waals surface area contributed by atoms with Crippen molar-refractivity contribution >= 4 is 34.7 Å². The molecule has 0 fully saturated rings. The molecule has 4 aromatic carbocycles. The molecule has 0 unspecified atom stereocenters. The van der Waals surface area contributed by atoms with Gasteiger partial charge in [0.15, 0.2) is 0 Å². The molecular weight excluding hydrogens is 648 g/mol. The Bertz CT molecular complexity index is 1940. The van der Waals surface area contributed by atoms with Gasteiger partial charge in [0.05, 0.1) is 33.9 Å². The van der Waals surface area contributed by atoms with E-state index in [0.717, 1.165) is 62.8 Å². The summed E-state index contributed by atoms with van der Waals surface area (Å²) in [6, 6.07) is 9.03. The van der Waals surface area contributed by atoms with Gasteiger partial charge in [-0.25, -0.2) is 9.59 Å². The Morgan fingerprint density at radius 3 is 1.08 bits per heavy atom. The van der Waals surface area contributed by atoms with E-state index in [9.17, 15) is 50.0 Å². The van der Waals surface area contributed by atoms with Gasteiger partial charge in [-0.2, -0.15) is 0 Å². The van der Waals surface area contributed by atoms with Crippen LogP contribution in [0.1, 0.15) is 20.7 Å². The van der Waals surface area contributed by atoms with Crippen molar-refractivity contribution in [2.75, 3.05) is 14.2 Å². The van der Waals surface area contributed by atoms with E-state index >= 15 is 0 Å². The summed E-state index contributed by atoms with van der Waals surface area (Å²) in [6.45, 7) is 0. The first-order valence-corrected chi connectivity index (χ1v) is 12.9. The number of methoxy groups -OCH3 is 2. The summed E-state index contributed by atoms with van der Waals surface area (Å²) in [7, 11) is 2.04. The maximum absolute atomic E-state index is 12.6. The smallest absolute Gasteiger partial charge is 0.341 e. The number of nitro groups is 4. The van der Waals surface area contributed by atoms with E-state index in [1.807, 2.05) is 0 Å². The molecule has 1 heterocycles. The van der Waals surface area contributed by atoms with E-state index in [1.54, 1.807) is 0 Å². The largest absolute Gasteiger partial charge is 0.465 e. The molecule has 20 heteroatoms. The highest BCUT2D eigenvalue weighted by Gasteiger charge is 2.32. The molecule has 1 aliphatic rings.